The molecule has 0 fully saturated rings. The maximum Gasteiger partial charge on any atom is 0.259 e. The second-order valence-electron chi connectivity index (χ2n) is 5.19. The number of unbranched alkanes of at least 4 members (excludes halogenated alkanes) is 1. The van der Waals surface area contributed by atoms with E-state index in [9.17, 15) is 14.4 Å². The van der Waals surface area contributed by atoms with Crippen LogP contribution < -0.4 is 10.6 Å². The van der Waals surface area contributed by atoms with Crippen molar-refractivity contribution < 1.29 is 14.4 Å². The van der Waals surface area contributed by atoms with Gasteiger partial charge in [0.05, 0.1) is 0 Å². The van der Waals surface area contributed by atoms with Crippen LogP contribution in [0.1, 0.15) is 46.5 Å². The maximum absolute atomic E-state index is 11.8. The van der Waals surface area contributed by atoms with Crippen molar-refractivity contribution in [1.82, 2.24) is 10.6 Å². The van der Waals surface area contributed by atoms with E-state index in [0.717, 1.165) is 19.3 Å². The van der Waals surface area contributed by atoms with Gasteiger partial charge in [0.2, 0.25) is 11.8 Å². The van der Waals surface area contributed by atoms with Crippen molar-refractivity contribution >= 4 is 23.6 Å². The highest BCUT2D eigenvalue weighted by Crippen LogP contribution is 2.08. The predicted molar refractivity (Wildman–Crippen MR) is 76.1 cm³/mol. The molecule has 0 aromatic rings. The fourth-order valence-corrected chi connectivity index (χ4v) is 1.86. The molecule has 0 aromatic carbocycles. The largest absolute Gasteiger partial charge is 0.355 e. The molecule has 1 rings (SSSR count). The van der Waals surface area contributed by atoms with Crippen molar-refractivity contribution in [2.24, 2.45) is 16.8 Å². The molecule has 0 saturated carbocycles. The summed E-state index contributed by atoms with van der Waals surface area (Å²) < 4.78 is 0. The third kappa shape index (κ3) is 4.75. The summed E-state index contributed by atoms with van der Waals surface area (Å²) in [7, 11) is 0. The highest BCUT2D eigenvalue weighted by molar-refractivity contribution is 6.15. The van der Waals surface area contributed by atoms with Gasteiger partial charge in [0.1, 0.15) is 11.8 Å². The fourth-order valence-electron chi connectivity index (χ4n) is 1.86. The van der Waals surface area contributed by atoms with Crippen LogP contribution in [0.3, 0.4) is 0 Å². The first-order chi connectivity index (χ1) is 9.45. The molecule has 6 nitrogen and oxygen atoms in total. The summed E-state index contributed by atoms with van der Waals surface area (Å²) in [5.74, 6) is -1.16. The Bertz CT molecular complexity index is 418. The summed E-state index contributed by atoms with van der Waals surface area (Å²) in [6, 6.07) is 0. The highest BCUT2D eigenvalue weighted by Gasteiger charge is 2.27. The second-order valence-corrected chi connectivity index (χ2v) is 5.19. The first kappa shape index (κ1) is 16.3. The Labute approximate surface area is 119 Å². The summed E-state index contributed by atoms with van der Waals surface area (Å²) in [6.07, 6.45) is 3.33. The molecule has 6 heteroatoms. The summed E-state index contributed by atoms with van der Waals surface area (Å²) in [5, 5.41) is 5.37. The third-order valence-electron chi connectivity index (χ3n) is 3.38. The van der Waals surface area contributed by atoms with Crippen LogP contribution in [0.4, 0.5) is 0 Å². The van der Waals surface area contributed by atoms with Crippen LogP contribution in [0.15, 0.2) is 4.99 Å². The maximum atomic E-state index is 11.8. The van der Waals surface area contributed by atoms with Crippen LogP contribution in [-0.4, -0.2) is 30.1 Å². The molecule has 0 saturated heterocycles. The average Bonchev–Trinajstić information content (AvgIpc) is 2.41. The molecule has 0 radical (unpaired) electrons. The molecule has 0 aliphatic carbocycles. The molecule has 0 bridgehead atoms. The zero-order valence-electron chi connectivity index (χ0n) is 12.4. The Kier molecular flexibility index (Phi) is 6.35. The SMILES string of the molecule is CCCC[C@H](C)C(=O)NCCC1=NC(=O)[C@H](C)C(=O)N1. The van der Waals surface area contributed by atoms with Gasteiger partial charge in [-0.15, -0.1) is 0 Å². The molecular formula is C14H23N3O3. The molecule has 1 aliphatic rings. The van der Waals surface area contributed by atoms with Crippen LogP contribution in [0, 0.1) is 11.8 Å². The van der Waals surface area contributed by atoms with E-state index in [1.165, 1.54) is 6.92 Å². The quantitative estimate of drug-likeness (QED) is 0.683. The summed E-state index contributed by atoms with van der Waals surface area (Å²) >= 11 is 0. The number of carbonyl (C=O) groups is 3. The zero-order valence-corrected chi connectivity index (χ0v) is 12.4. The molecule has 0 aromatic heterocycles. The van der Waals surface area contributed by atoms with E-state index in [4.69, 9.17) is 0 Å². The lowest BCUT2D eigenvalue weighted by molar-refractivity contribution is -0.132. The molecule has 3 amide bonds. The standard InChI is InChI=1S/C14H23N3O3/c1-4-5-6-9(2)12(18)15-8-7-11-16-13(19)10(3)14(20)17-11/h9-10H,4-8H2,1-3H3,(H,15,18)(H,16,17,19,20)/t9-/m0/s1. The van der Waals surface area contributed by atoms with Crippen LogP contribution in [-0.2, 0) is 14.4 Å². The van der Waals surface area contributed by atoms with Crippen LogP contribution >= 0.6 is 0 Å². The monoisotopic (exact) mass is 281 g/mol. The molecule has 0 unspecified atom stereocenters. The first-order valence-electron chi connectivity index (χ1n) is 7.15. The van der Waals surface area contributed by atoms with Crippen molar-refractivity contribution in [1.29, 1.82) is 0 Å². The Morgan fingerprint density at radius 1 is 1.45 bits per heavy atom. The predicted octanol–water partition coefficient (Wildman–Crippen LogP) is 1.01. The Balaban J connectivity index is 2.34. The molecule has 2 atom stereocenters. The van der Waals surface area contributed by atoms with Crippen molar-refractivity contribution in [3.05, 3.63) is 0 Å². The van der Waals surface area contributed by atoms with E-state index in [1.54, 1.807) is 0 Å². The minimum absolute atomic E-state index is 0.000815. The van der Waals surface area contributed by atoms with Gasteiger partial charge < -0.3 is 10.6 Å². The number of hydrogen-bond donors (Lipinski definition) is 2. The molecule has 112 valence electrons. The van der Waals surface area contributed by atoms with Crippen LogP contribution in [0.25, 0.3) is 0 Å². The fraction of sp³-hybridized carbons (Fsp3) is 0.714. The number of nitrogens with one attached hydrogen (secondary N) is 2. The average molecular weight is 281 g/mol. The van der Waals surface area contributed by atoms with Crippen molar-refractivity contribution in [2.75, 3.05) is 6.54 Å². The molecule has 0 spiro atoms. The minimum Gasteiger partial charge on any atom is -0.355 e. The van der Waals surface area contributed by atoms with E-state index >= 15 is 0 Å². The number of rotatable bonds is 7. The van der Waals surface area contributed by atoms with E-state index in [1.807, 2.05) is 6.92 Å². The van der Waals surface area contributed by atoms with Gasteiger partial charge in [-0.05, 0) is 13.3 Å². The summed E-state index contributed by atoms with van der Waals surface area (Å²) in [6.45, 7) is 5.88. The highest BCUT2D eigenvalue weighted by atomic mass is 16.2. The molecule has 20 heavy (non-hydrogen) atoms. The van der Waals surface area contributed by atoms with Gasteiger partial charge in [-0.3, -0.25) is 14.4 Å². The van der Waals surface area contributed by atoms with E-state index < -0.39 is 11.8 Å². The number of carbonyl (C=O) groups excluding carboxylic acids is 3. The second kappa shape index (κ2) is 7.77. The van der Waals surface area contributed by atoms with Gasteiger partial charge in [0.25, 0.3) is 5.91 Å². The topological polar surface area (TPSA) is 87.6 Å². The molecule has 1 heterocycles. The van der Waals surface area contributed by atoms with Gasteiger partial charge in [-0.25, -0.2) is 0 Å². The number of amides is 3. The van der Waals surface area contributed by atoms with E-state index in [2.05, 4.69) is 22.5 Å². The van der Waals surface area contributed by atoms with Crippen LogP contribution in [0.2, 0.25) is 0 Å². The Hall–Kier alpha value is -1.72. The summed E-state index contributed by atoms with van der Waals surface area (Å²) in [5.41, 5.74) is 0. The normalized spacial score (nSPS) is 20.1. The first-order valence-corrected chi connectivity index (χ1v) is 7.15. The van der Waals surface area contributed by atoms with Gasteiger partial charge in [-0.1, -0.05) is 26.7 Å². The lowest BCUT2D eigenvalue weighted by Gasteiger charge is -2.17. The molecular weight excluding hydrogens is 258 g/mol. The van der Waals surface area contributed by atoms with Gasteiger partial charge in [0.15, 0.2) is 0 Å². The Morgan fingerprint density at radius 2 is 2.15 bits per heavy atom. The molecule has 2 N–H and O–H groups in total. The third-order valence-corrected chi connectivity index (χ3v) is 3.38. The number of amidine groups is 1. The minimum atomic E-state index is -0.720. The lowest BCUT2D eigenvalue weighted by atomic mass is 10.0. The van der Waals surface area contributed by atoms with Gasteiger partial charge in [-0.2, -0.15) is 4.99 Å². The number of nitrogens with zero attached hydrogens (tertiary/aromatic N) is 1. The van der Waals surface area contributed by atoms with Crippen molar-refractivity contribution in [3.63, 3.8) is 0 Å². The van der Waals surface area contributed by atoms with Crippen LogP contribution in [0.5, 0.6) is 0 Å². The zero-order chi connectivity index (χ0) is 15.1. The van der Waals surface area contributed by atoms with Gasteiger partial charge in [0, 0.05) is 18.9 Å². The van der Waals surface area contributed by atoms with Crippen molar-refractivity contribution in [3.8, 4) is 0 Å². The smallest absolute Gasteiger partial charge is 0.259 e. The number of hydrogen-bond acceptors (Lipinski definition) is 3. The van der Waals surface area contributed by atoms with Gasteiger partial charge >= 0.3 is 0 Å². The number of aliphatic imine (C=N–C) groups is 1. The lowest BCUT2D eigenvalue weighted by Crippen LogP contribution is -2.44. The van der Waals surface area contributed by atoms with E-state index in [-0.39, 0.29) is 17.7 Å². The molecule has 1 aliphatic heterocycles. The Morgan fingerprint density at radius 3 is 2.75 bits per heavy atom. The summed E-state index contributed by atoms with van der Waals surface area (Å²) in [4.78, 5) is 38.4. The van der Waals surface area contributed by atoms with Crippen molar-refractivity contribution in [2.45, 2.75) is 46.5 Å². The van der Waals surface area contributed by atoms with E-state index in [0.29, 0.717) is 18.8 Å².